The first kappa shape index (κ1) is 8.15. The third-order valence-corrected chi connectivity index (χ3v) is 10.7. The summed E-state index contributed by atoms with van der Waals surface area (Å²) in [5.41, 5.74) is 0. The summed E-state index contributed by atoms with van der Waals surface area (Å²) in [5, 5.41) is 0. The van der Waals surface area contributed by atoms with Crippen LogP contribution in [0.15, 0.2) is 30.3 Å². The van der Waals surface area contributed by atoms with Crippen LogP contribution in [0, 0.1) is 0 Å². The quantitative estimate of drug-likeness (QED) is 0.727. The van der Waals surface area contributed by atoms with Crippen molar-refractivity contribution in [1.29, 1.82) is 0 Å². The van der Waals surface area contributed by atoms with E-state index in [1.165, 1.54) is 3.32 Å². The van der Waals surface area contributed by atoms with Crippen LogP contribution in [-0.2, 0) is 0 Å². The van der Waals surface area contributed by atoms with Crippen LogP contribution >= 0.6 is 24.6 Å². The molecule has 3 heteroatoms. The van der Waals surface area contributed by atoms with Gasteiger partial charge in [0.2, 0.25) is 0 Å². The molecule has 0 aliphatic rings. The van der Waals surface area contributed by atoms with Crippen molar-refractivity contribution in [3.05, 3.63) is 30.3 Å². The fourth-order valence-corrected chi connectivity index (χ4v) is 6.16. The zero-order chi connectivity index (χ0) is 6.69. The van der Waals surface area contributed by atoms with Gasteiger partial charge < -0.3 is 0 Å². The molecule has 0 unspecified atom stereocenters. The van der Waals surface area contributed by atoms with Gasteiger partial charge in [0.05, 0.1) is 0 Å². The van der Waals surface area contributed by atoms with Gasteiger partial charge in [-0.2, -0.15) is 0 Å². The predicted molar refractivity (Wildman–Crippen MR) is 49.7 cm³/mol. The van der Waals surface area contributed by atoms with E-state index in [1.807, 2.05) is 6.07 Å². The van der Waals surface area contributed by atoms with Crippen molar-refractivity contribution in [3.8, 4) is 0 Å². The molecule has 0 heterocycles. The predicted octanol–water partition coefficient (Wildman–Crippen LogP) is 2.17. The third-order valence-electron chi connectivity index (χ3n) is 1.05. The minimum absolute atomic E-state index is 1.46. The average Bonchev–Trinajstić information content (AvgIpc) is 1.90. The monoisotopic (exact) mass is 350 g/mol. The molecule has 0 amide bonds. The Hall–Kier alpha value is 1.05. The van der Waals surface area contributed by atoms with Crippen molar-refractivity contribution < 1.29 is 0 Å². The SMILES string of the molecule is [Br][In]([Br])[c]1ccccc1. The van der Waals surface area contributed by atoms with Crippen LogP contribution in [0.25, 0.3) is 0 Å². The van der Waals surface area contributed by atoms with Gasteiger partial charge >= 0.3 is 75.0 Å². The van der Waals surface area contributed by atoms with Gasteiger partial charge in [0.25, 0.3) is 0 Å². The molecule has 0 bridgehead atoms. The van der Waals surface area contributed by atoms with Crippen molar-refractivity contribution in [2.24, 2.45) is 0 Å². The molecule has 1 aromatic carbocycles. The normalized spacial score (nSPS) is 9.11. The van der Waals surface area contributed by atoms with Crippen molar-refractivity contribution in [2.75, 3.05) is 0 Å². The van der Waals surface area contributed by atoms with Gasteiger partial charge in [-0.1, -0.05) is 0 Å². The fourth-order valence-electron chi connectivity index (χ4n) is 0.599. The van der Waals surface area contributed by atoms with Crippen LogP contribution in [-0.4, -0.2) is 16.8 Å². The zero-order valence-electron chi connectivity index (χ0n) is 4.72. The Kier molecular flexibility index (Phi) is 3.66. The van der Waals surface area contributed by atoms with Crippen molar-refractivity contribution in [1.82, 2.24) is 0 Å². The summed E-state index contributed by atoms with van der Waals surface area (Å²) in [6.07, 6.45) is 0. The fraction of sp³-hybridized carbons (Fsp3) is 0. The molecule has 0 radical (unpaired) electrons. The van der Waals surface area contributed by atoms with E-state index >= 15 is 0 Å². The molecule has 0 aliphatic heterocycles. The Balaban J connectivity index is 2.85. The third kappa shape index (κ3) is 2.64. The molecule has 0 saturated heterocycles. The Morgan fingerprint density at radius 1 is 1.00 bits per heavy atom. The first-order chi connectivity index (χ1) is 4.30. The van der Waals surface area contributed by atoms with Crippen LogP contribution in [0.3, 0.4) is 0 Å². The Morgan fingerprint density at radius 3 is 1.89 bits per heavy atom. The average molecular weight is 352 g/mol. The zero-order valence-corrected chi connectivity index (χ0v) is 11.2. The van der Waals surface area contributed by atoms with Gasteiger partial charge in [0.1, 0.15) is 0 Å². The molecule has 1 rings (SSSR count). The first-order valence-electron chi connectivity index (χ1n) is 2.64. The van der Waals surface area contributed by atoms with E-state index < -0.39 is 16.8 Å². The molecule has 46 valence electrons. The van der Waals surface area contributed by atoms with Gasteiger partial charge in [-0.3, -0.25) is 0 Å². The molecule has 0 N–H and O–H groups in total. The summed E-state index contributed by atoms with van der Waals surface area (Å²) >= 11 is 5.71. The number of halogens is 2. The van der Waals surface area contributed by atoms with E-state index in [9.17, 15) is 0 Å². The van der Waals surface area contributed by atoms with Crippen molar-refractivity contribution in [2.45, 2.75) is 0 Å². The van der Waals surface area contributed by atoms with Gasteiger partial charge in [-0.25, -0.2) is 0 Å². The molecule has 0 atom stereocenters. The summed E-state index contributed by atoms with van der Waals surface area (Å²) in [4.78, 5) is 0. The van der Waals surface area contributed by atoms with Crippen LogP contribution in [0.5, 0.6) is 0 Å². The number of benzene rings is 1. The van der Waals surface area contributed by atoms with Gasteiger partial charge in [-0.05, 0) is 0 Å². The minimum atomic E-state index is -1.51. The van der Waals surface area contributed by atoms with Gasteiger partial charge in [0, 0.05) is 0 Å². The Morgan fingerprint density at radius 2 is 1.56 bits per heavy atom. The van der Waals surface area contributed by atoms with Crippen LogP contribution < -0.4 is 3.32 Å². The summed E-state index contributed by atoms with van der Waals surface area (Å²) in [5.74, 6) is 0. The van der Waals surface area contributed by atoms with Gasteiger partial charge in [-0.15, -0.1) is 0 Å². The molecule has 1 aromatic rings. The molecule has 0 aliphatic carbocycles. The molecule has 0 spiro atoms. The number of rotatable bonds is 1. The van der Waals surface area contributed by atoms with Crippen LogP contribution in [0.1, 0.15) is 0 Å². The van der Waals surface area contributed by atoms with E-state index in [0.717, 1.165) is 0 Å². The second-order valence-electron chi connectivity index (χ2n) is 1.71. The Labute approximate surface area is 74.2 Å². The first-order valence-corrected chi connectivity index (χ1v) is 19.1. The van der Waals surface area contributed by atoms with Crippen LogP contribution in [0.2, 0.25) is 0 Å². The van der Waals surface area contributed by atoms with Gasteiger partial charge in [0.15, 0.2) is 0 Å². The van der Waals surface area contributed by atoms with E-state index in [-0.39, 0.29) is 0 Å². The summed E-state index contributed by atoms with van der Waals surface area (Å²) in [6.45, 7) is 0. The summed E-state index contributed by atoms with van der Waals surface area (Å²) in [6, 6.07) is 10.5. The topological polar surface area (TPSA) is 0 Å². The van der Waals surface area contributed by atoms with Crippen molar-refractivity contribution in [3.63, 3.8) is 0 Å². The molecule has 0 saturated carbocycles. The standard InChI is InChI=1S/C6H5.2BrH.In/c1-2-4-6-5-3-1;;;/h1-5H;2*1H;/q;;;+2/p-2. The maximum atomic E-state index is 3.61. The molecule has 0 aromatic heterocycles. The molecule has 9 heavy (non-hydrogen) atoms. The molecular weight excluding hydrogens is 347 g/mol. The number of hydrogen-bond acceptors (Lipinski definition) is 0. The van der Waals surface area contributed by atoms with Crippen LogP contribution in [0.4, 0.5) is 0 Å². The van der Waals surface area contributed by atoms with E-state index in [4.69, 9.17) is 0 Å². The van der Waals surface area contributed by atoms with Crippen molar-refractivity contribution >= 4 is 44.7 Å². The summed E-state index contributed by atoms with van der Waals surface area (Å²) in [7, 11) is 0. The molecule has 0 nitrogen and oxygen atoms in total. The molecular formula is C6H5Br2In. The second kappa shape index (κ2) is 4.04. The number of hydrogen-bond donors (Lipinski definition) is 0. The summed E-state index contributed by atoms with van der Waals surface area (Å²) < 4.78 is 1.46. The maximum absolute atomic E-state index is 3.61. The van der Waals surface area contributed by atoms with E-state index in [2.05, 4.69) is 48.9 Å². The molecule has 0 fully saturated rings. The Bertz CT molecular complexity index is 174. The second-order valence-corrected chi connectivity index (χ2v) is 25.9. The van der Waals surface area contributed by atoms with E-state index in [1.54, 1.807) is 0 Å². The van der Waals surface area contributed by atoms with E-state index in [0.29, 0.717) is 0 Å².